The Morgan fingerprint density at radius 1 is 1.43 bits per heavy atom. The van der Waals surface area contributed by atoms with Crippen LogP contribution in [-0.4, -0.2) is 34.1 Å². The third-order valence-corrected chi connectivity index (χ3v) is 3.86. The van der Waals surface area contributed by atoms with Crippen molar-refractivity contribution in [3.05, 3.63) is 23.8 Å². The van der Waals surface area contributed by atoms with Gasteiger partial charge in [-0.25, -0.2) is 0 Å². The molecule has 1 N–H and O–H groups in total. The van der Waals surface area contributed by atoms with Crippen LogP contribution >= 0.6 is 0 Å². The molecule has 0 bridgehead atoms. The number of amides is 1. The summed E-state index contributed by atoms with van der Waals surface area (Å²) in [7, 11) is -2.69. The van der Waals surface area contributed by atoms with E-state index in [4.69, 9.17) is 15.3 Å². The summed E-state index contributed by atoms with van der Waals surface area (Å²) in [6.45, 7) is 3.23. The molecule has 0 saturated heterocycles. The lowest BCUT2D eigenvalue weighted by Crippen LogP contribution is -2.24. The molecule has 21 heavy (non-hydrogen) atoms. The van der Waals surface area contributed by atoms with Gasteiger partial charge in [0.15, 0.2) is 0 Å². The summed E-state index contributed by atoms with van der Waals surface area (Å²) in [5, 5.41) is 2.45. The van der Waals surface area contributed by atoms with Gasteiger partial charge in [-0.2, -0.15) is 8.42 Å². The Kier molecular flexibility index (Phi) is 5.76. The number of terminal acetylenes is 1. The van der Waals surface area contributed by atoms with Gasteiger partial charge in [-0.3, -0.25) is 8.98 Å². The van der Waals surface area contributed by atoms with Crippen LogP contribution in [0.4, 0.5) is 0 Å². The van der Waals surface area contributed by atoms with Crippen LogP contribution in [0.25, 0.3) is 0 Å². The monoisotopic (exact) mass is 311 g/mol. The zero-order valence-electron chi connectivity index (χ0n) is 12.0. The summed E-state index contributed by atoms with van der Waals surface area (Å²) >= 11 is 0. The highest BCUT2D eigenvalue weighted by Crippen LogP contribution is 2.27. The highest BCUT2D eigenvalue weighted by Gasteiger charge is 2.23. The van der Waals surface area contributed by atoms with Gasteiger partial charge in [0.05, 0.1) is 19.8 Å². The van der Waals surface area contributed by atoms with Gasteiger partial charge in [-0.05, 0) is 32.0 Å². The molecule has 1 aromatic carbocycles. The lowest BCUT2D eigenvalue weighted by molar-refractivity contribution is 0.0958. The lowest BCUT2D eigenvalue weighted by Gasteiger charge is -2.13. The molecule has 6 nitrogen and oxygen atoms in total. The molecule has 114 valence electrons. The SMILES string of the molecule is C#CCNC(=O)c1ccc(OC)c(S(=O)(=O)OC(C)C)c1. The van der Waals surface area contributed by atoms with Gasteiger partial charge in [-0.15, -0.1) is 6.42 Å². The van der Waals surface area contributed by atoms with E-state index in [0.717, 1.165) is 0 Å². The van der Waals surface area contributed by atoms with Crippen molar-refractivity contribution in [3.63, 3.8) is 0 Å². The second kappa shape index (κ2) is 7.11. The van der Waals surface area contributed by atoms with Gasteiger partial charge < -0.3 is 10.1 Å². The zero-order chi connectivity index (χ0) is 16.0. The Labute approximate surface area is 124 Å². The lowest BCUT2D eigenvalue weighted by atomic mass is 10.2. The molecule has 7 heteroatoms. The fraction of sp³-hybridized carbons (Fsp3) is 0.357. The highest BCUT2D eigenvalue weighted by molar-refractivity contribution is 7.86. The molecule has 0 aromatic heterocycles. The fourth-order valence-corrected chi connectivity index (χ4v) is 2.83. The fourth-order valence-electron chi connectivity index (χ4n) is 1.55. The van der Waals surface area contributed by atoms with Crippen LogP contribution in [0.5, 0.6) is 5.75 Å². The van der Waals surface area contributed by atoms with E-state index in [1.165, 1.54) is 25.3 Å². The second-order valence-electron chi connectivity index (χ2n) is 4.35. The Morgan fingerprint density at radius 2 is 2.10 bits per heavy atom. The molecule has 1 rings (SSSR count). The van der Waals surface area contributed by atoms with E-state index in [9.17, 15) is 13.2 Å². The maximum Gasteiger partial charge on any atom is 0.300 e. The first-order valence-electron chi connectivity index (χ1n) is 6.14. The minimum absolute atomic E-state index is 0.0510. The second-order valence-corrected chi connectivity index (χ2v) is 5.89. The third-order valence-electron chi connectivity index (χ3n) is 2.37. The first kappa shape index (κ1) is 17.0. The molecule has 0 atom stereocenters. The number of carbonyl (C=O) groups excluding carboxylic acids is 1. The average molecular weight is 311 g/mol. The summed E-state index contributed by atoms with van der Waals surface area (Å²) in [4.78, 5) is 11.6. The van der Waals surface area contributed by atoms with E-state index in [2.05, 4.69) is 11.2 Å². The number of hydrogen-bond donors (Lipinski definition) is 1. The van der Waals surface area contributed by atoms with Gasteiger partial charge in [0.25, 0.3) is 5.91 Å². The van der Waals surface area contributed by atoms with Crippen LogP contribution in [0.2, 0.25) is 0 Å². The van der Waals surface area contributed by atoms with Gasteiger partial charge in [0.1, 0.15) is 10.6 Å². The molecule has 0 aliphatic heterocycles. The number of methoxy groups -OCH3 is 1. The van der Waals surface area contributed by atoms with Gasteiger partial charge in [-0.1, -0.05) is 5.92 Å². The quantitative estimate of drug-likeness (QED) is 0.630. The molecular weight excluding hydrogens is 294 g/mol. The largest absolute Gasteiger partial charge is 0.495 e. The summed E-state index contributed by atoms with van der Waals surface area (Å²) in [5.74, 6) is 1.89. The van der Waals surface area contributed by atoms with E-state index < -0.39 is 22.1 Å². The molecule has 0 fully saturated rings. The number of nitrogens with one attached hydrogen (secondary N) is 1. The summed E-state index contributed by atoms with van der Waals surface area (Å²) in [6.07, 6.45) is 4.52. The van der Waals surface area contributed by atoms with Gasteiger partial charge in [0.2, 0.25) is 0 Å². The molecule has 1 amide bonds. The number of carbonyl (C=O) groups is 1. The summed E-state index contributed by atoms with van der Waals surface area (Å²) in [6, 6.07) is 4.03. The van der Waals surface area contributed by atoms with Crippen molar-refractivity contribution in [1.29, 1.82) is 0 Å². The highest BCUT2D eigenvalue weighted by atomic mass is 32.2. The van der Waals surface area contributed by atoms with E-state index >= 15 is 0 Å². The predicted molar refractivity (Wildman–Crippen MR) is 77.6 cm³/mol. The van der Waals surface area contributed by atoms with Gasteiger partial charge in [0, 0.05) is 5.56 Å². The molecular formula is C14H17NO5S. The van der Waals surface area contributed by atoms with Crippen molar-refractivity contribution in [1.82, 2.24) is 5.32 Å². The maximum atomic E-state index is 12.1. The predicted octanol–water partition coefficient (Wildman–Crippen LogP) is 1.17. The Bertz CT molecular complexity index is 658. The Balaban J connectivity index is 3.24. The van der Waals surface area contributed by atoms with E-state index in [1.807, 2.05) is 0 Å². The van der Waals surface area contributed by atoms with Crippen LogP contribution in [0.3, 0.4) is 0 Å². The van der Waals surface area contributed by atoms with Crippen LogP contribution in [0, 0.1) is 12.3 Å². The maximum absolute atomic E-state index is 12.1. The number of rotatable bonds is 6. The normalized spacial score (nSPS) is 11.0. The molecule has 0 spiro atoms. The van der Waals surface area contributed by atoms with Crippen molar-refractivity contribution >= 4 is 16.0 Å². The van der Waals surface area contributed by atoms with Crippen LogP contribution < -0.4 is 10.1 Å². The number of ether oxygens (including phenoxy) is 1. The van der Waals surface area contributed by atoms with Crippen LogP contribution in [-0.2, 0) is 14.3 Å². The van der Waals surface area contributed by atoms with E-state index in [-0.39, 0.29) is 22.8 Å². The van der Waals surface area contributed by atoms with Crippen molar-refractivity contribution in [3.8, 4) is 18.1 Å². The summed E-state index contributed by atoms with van der Waals surface area (Å²) < 4.78 is 34.2. The number of benzene rings is 1. The molecule has 0 aliphatic carbocycles. The standard InChI is InChI=1S/C14H17NO5S/c1-5-8-15-14(16)11-6-7-12(19-4)13(9-11)21(17,18)20-10(2)3/h1,6-7,9-10H,8H2,2-4H3,(H,15,16). The number of hydrogen-bond acceptors (Lipinski definition) is 5. The van der Waals surface area contributed by atoms with E-state index in [1.54, 1.807) is 13.8 Å². The smallest absolute Gasteiger partial charge is 0.300 e. The molecule has 0 saturated carbocycles. The molecule has 0 radical (unpaired) electrons. The Morgan fingerprint density at radius 3 is 2.62 bits per heavy atom. The molecule has 1 aromatic rings. The minimum atomic E-state index is -4.02. The summed E-state index contributed by atoms with van der Waals surface area (Å²) in [5.41, 5.74) is 0.150. The third kappa shape index (κ3) is 4.48. The Hall–Kier alpha value is -2.04. The zero-order valence-corrected chi connectivity index (χ0v) is 12.9. The van der Waals surface area contributed by atoms with Crippen LogP contribution in [0.15, 0.2) is 23.1 Å². The molecule has 0 heterocycles. The van der Waals surface area contributed by atoms with Gasteiger partial charge >= 0.3 is 10.1 Å². The topological polar surface area (TPSA) is 81.7 Å². The molecule has 0 unspecified atom stereocenters. The van der Waals surface area contributed by atoms with Crippen molar-refractivity contribution < 1.29 is 22.1 Å². The molecule has 0 aliphatic rings. The van der Waals surface area contributed by atoms with Crippen molar-refractivity contribution in [2.75, 3.05) is 13.7 Å². The first-order valence-corrected chi connectivity index (χ1v) is 7.55. The first-order chi connectivity index (χ1) is 9.81. The minimum Gasteiger partial charge on any atom is -0.495 e. The van der Waals surface area contributed by atoms with Crippen LogP contribution in [0.1, 0.15) is 24.2 Å². The van der Waals surface area contributed by atoms with Crippen molar-refractivity contribution in [2.24, 2.45) is 0 Å². The van der Waals surface area contributed by atoms with E-state index in [0.29, 0.717) is 0 Å². The van der Waals surface area contributed by atoms with Crippen molar-refractivity contribution in [2.45, 2.75) is 24.8 Å². The average Bonchev–Trinajstić information content (AvgIpc) is 2.42.